The molecule has 0 fully saturated rings. The molecule has 0 unspecified atom stereocenters. The van der Waals surface area contributed by atoms with Crippen molar-refractivity contribution in [1.82, 2.24) is 5.32 Å². The Labute approximate surface area is 86.2 Å². The van der Waals surface area contributed by atoms with Crippen LogP contribution < -0.4 is 5.32 Å². The zero-order valence-corrected chi connectivity index (χ0v) is 8.48. The van der Waals surface area contributed by atoms with Gasteiger partial charge in [0.05, 0.1) is 0 Å². The van der Waals surface area contributed by atoms with Gasteiger partial charge in [-0.1, -0.05) is 12.7 Å². The first-order valence-corrected chi connectivity index (χ1v) is 4.13. The van der Waals surface area contributed by atoms with Crippen molar-refractivity contribution >= 4 is 5.91 Å². The highest BCUT2D eigenvalue weighted by molar-refractivity contribution is 5.75. The smallest absolute Gasteiger partial charge is 0.326 e. The highest BCUT2D eigenvalue weighted by atomic mass is 19.4. The van der Waals surface area contributed by atoms with E-state index < -0.39 is 11.7 Å². The maximum atomic E-state index is 12.1. The lowest BCUT2D eigenvalue weighted by Gasteiger charge is -2.05. The van der Waals surface area contributed by atoms with Gasteiger partial charge in [-0.25, -0.2) is 0 Å². The first kappa shape index (κ1) is 13.5. The Morgan fingerprint density at radius 3 is 2.13 bits per heavy atom. The molecular formula is C10H12F3NO. The van der Waals surface area contributed by atoms with E-state index in [9.17, 15) is 18.0 Å². The van der Waals surface area contributed by atoms with Crippen molar-refractivity contribution in [3.63, 3.8) is 0 Å². The largest absolute Gasteiger partial charge is 0.412 e. The summed E-state index contributed by atoms with van der Waals surface area (Å²) < 4.78 is 36.2. The second kappa shape index (κ2) is 5.38. The van der Waals surface area contributed by atoms with Crippen LogP contribution in [0.4, 0.5) is 13.2 Å². The van der Waals surface area contributed by atoms with Crippen LogP contribution in [0.1, 0.15) is 13.8 Å². The Kier molecular flexibility index (Phi) is 4.84. The fourth-order valence-electron chi connectivity index (χ4n) is 0.673. The fourth-order valence-corrected chi connectivity index (χ4v) is 0.673. The van der Waals surface area contributed by atoms with E-state index in [0.29, 0.717) is 0 Å². The Bertz CT molecular complexity index is 313. The van der Waals surface area contributed by atoms with Gasteiger partial charge in [0.15, 0.2) is 0 Å². The van der Waals surface area contributed by atoms with Crippen molar-refractivity contribution in [2.45, 2.75) is 20.0 Å². The Morgan fingerprint density at radius 1 is 1.27 bits per heavy atom. The summed E-state index contributed by atoms with van der Waals surface area (Å²) >= 11 is 0. The number of allylic oxidation sites excluding steroid dienone is 4. The first-order valence-electron chi connectivity index (χ1n) is 4.13. The third kappa shape index (κ3) is 5.72. The van der Waals surface area contributed by atoms with Crippen molar-refractivity contribution in [1.29, 1.82) is 0 Å². The van der Waals surface area contributed by atoms with E-state index in [1.54, 1.807) is 0 Å². The zero-order valence-electron chi connectivity index (χ0n) is 8.48. The number of amides is 1. The Hall–Kier alpha value is -1.52. The summed E-state index contributed by atoms with van der Waals surface area (Å²) in [4.78, 5) is 10.6. The molecule has 5 heteroatoms. The van der Waals surface area contributed by atoms with Gasteiger partial charge >= 0.3 is 6.18 Å². The first-order chi connectivity index (χ1) is 6.77. The molecule has 0 aliphatic carbocycles. The van der Waals surface area contributed by atoms with E-state index in [1.807, 2.05) is 0 Å². The van der Waals surface area contributed by atoms with Crippen molar-refractivity contribution in [2.24, 2.45) is 0 Å². The fraction of sp³-hybridized carbons (Fsp3) is 0.300. The number of nitrogens with one attached hydrogen (secondary N) is 1. The molecule has 0 saturated heterocycles. The second-order valence-corrected chi connectivity index (χ2v) is 2.85. The number of halogens is 3. The molecule has 0 aliphatic rings. The second-order valence-electron chi connectivity index (χ2n) is 2.85. The number of alkyl halides is 3. The van der Waals surface area contributed by atoms with Crippen molar-refractivity contribution in [3.8, 4) is 0 Å². The molecule has 0 aliphatic heterocycles. The summed E-state index contributed by atoms with van der Waals surface area (Å²) in [5.74, 6) is -0.362. The van der Waals surface area contributed by atoms with Crippen LogP contribution in [0, 0.1) is 0 Å². The van der Waals surface area contributed by atoms with Crippen molar-refractivity contribution in [2.75, 3.05) is 0 Å². The van der Waals surface area contributed by atoms with Gasteiger partial charge in [-0.3, -0.25) is 4.79 Å². The van der Waals surface area contributed by atoms with E-state index in [-0.39, 0.29) is 11.6 Å². The number of hydrogen-bond donors (Lipinski definition) is 1. The third-order valence-corrected chi connectivity index (χ3v) is 1.50. The minimum atomic E-state index is -4.35. The molecule has 84 valence electrons. The quantitative estimate of drug-likeness (QED) is 0.726. The minimum absolute atomic E-state index is 0.228. The molecule has 0 saturated carbocycles. The molecule has 0 aromatic rings. The monoisotopic (exact) mass is 219 g/mol. The summed E-state index contributed by atoms with van der Waals surface area (Å²) in [5, 5.41) is 2.33. The molecule has 0 heterocycles. The molecule has 1 N–H and O–H groups in total. The lowest BCUT2D eigenvalue weighted by molar-refractivity contribution is -0.118. The Morgan fingerprint density at radius 2 is 1.80 bits per heavy atom. The van der Waals surface area contributed by atoms with Gasteiger partial charge in [-0.15, -0.1) is 0 Å². The molecule has 0 radical (unpaired) electrons. The van der Waals surface area contributed by atoms with Crippen LogP contribution >= 0.6 is 0 Å². The van der Waals surface area contributed by atoms with Crippen LogP contribution in [-0.2, 0) is 4.79 Å². The van der Waals surface area contributed by atoms with E-state index in [4.69, 9.17) is 0 Å². The molecule has 0 spiro atoms. The summed E-state index contributed by atoms with van der Waals surface area (Å²) in [5.41, 5.74) is -0.515. The number of carbonyl (C=O) groups is 1. The molecule has 0 atom stereocenters. The summed E-state index contributed by atoms with van der Waals surface area (Å²) in [7, 11) is 0. The maximum absolute atomic E-state index is 12.1. The van der Waals surface area contributed by atoms with Gasteiger partial charge < -0.3 is 5.32 Å². The number of rotatable bonds is 3. The van der Waals surface area contributed by atoms with Gasteiger partial charge in [-0.05, 0) is 19.1 Å². The number of hydrogen-bond acceptors (Lipinski definition) is 1. The molecule has 0 rings (SSSR count). The van der Waals surface area contributed by atoms with E-state index in [2.05, 4.69) is 11.9 Å². The molecule has 0 bridgehead atoms. The Balaban J connectivity index is 4.73. The van der Waals surface area contributed by atoms with Crippen LogP contribution in [0.25, 0.3) is 0 Å². The minimum Gasteiger partial charge on any atom is -0.326 e. The standard InChI is InChI=1S/C10H12F3NO/c1-4-9(14-8(3)15)6-5-7(2)10(11,12)13/h4-6H,1H2,2-3H3,(H,14,15)/b7-5+,9-6+. The third-order valence-electron chi connectivity index (χ3n) is 1.50. The highest BCUT2D eigenvalue weighted by Crippen LogP contribution is 2.24. The van der Waals surface area contributed by atoms with Crippen molar-refractivity contribution in [3.05, 3.63) is 36.1 Å². The summed E-state index contributed by atoms with van der Waals surface area (Å²) in [6.07, 6.45) is -1.05. The number of carbonyl (C=O) groups excluding carboxylic acids is 1. The lowest BCUT2D eigenvalue weighted by Crippen LogP contribution is -2.17. The molecule has 0 aromatic heterocycles. The van der Waals surface area contributed by atoms with Crippen LogP contribution in [0.5, 0.6) is 0 Å². The highest BCUT2D eigenvalue weighted by Gasteiger charge is 2.29. The van der Waals surface area contributed by atoms with Gasteiger partial charge in [0.2, 0.25) is 5.91 Å². The van der Waals surface area contributed by atoms with E-state index in [0.717, 1.165) is 19.1 Å². The zero-order chi connectivity index (χ0) is 12.1. The molecular weight excluding hydrogens is 207 g/mol. The average Bonchev–Trinajstić information content (AvgIpc) is 2.09. The van der Waals surface area contributed by atoms with E-state index in [1.165, 1.54) is 13.0 Å². The summed E-state index contributed by atoms with van der Waals surface area (Å²) in [6, 6.07) is 0. The average molecular weight is 219 g/mol. The SMILES string of the molecule is C=C/C(=C\C=C(/C)C(F)(F)F)NC(C)=O. The molecule has 0 aromatic carbocycles. The predicted molar refractivity (Wildman–Crippen MR) is 51.9 cm³/mol. The van der Waals surface area contributed by atoms with Crippen LogP contribution in [0.3, 0.4) is 0 Å². The van der Waals surface area contributed by atoms with Gasteiger partial charge in [0.25, 0.3) is 0 Å². The van der Waals surface area contributed by atoms with Crippen LogP contribution in [-0.4, -0.2) is 12.1 Å². The molecule has 2 nitrogen and oxygen atoms in total. The molecule has 15 heavy (non-hydrogen) atoms. The summed E-state index contributed by atoms with van der Waals surface area (Å²) in [6.45, 7) is 5.57. The lowest BCUT2D eigenvalue weighted by atomic mass is 10.2. The topological polar surface area (TPSA) is 29.1 Å². The maximum Gasteiger partial charge on any atom is 0.412 e. The van der Waals surface area contributed by atoms with Crippen molar-refractivity contribution < 1.29 is 18.0 Å². The van der Waals surface area contributed by atoms with E-state index >= 15 is 0 Å². The predicted octanol–water partition coefficient (Wildman–Crippen LogP) is 2.70. The van der Waals surface area contributed by atoms with Crippen LogP contribution in [0.2, 0.25) is 0 Å². The van der Waals surface area contributed by atoms with Gasteiger partial charge in [0, 0.05) is 18.2 Å². The van der Waals surface area contributed by atoms with Crippen LogP contribution in [0.15, 0.2) is 36.1 Å². The van der Waals surface area contributed by atoms with Gasteiger partial charge in [0.1, 0.15) is 0 Å². The molecule has 1 amide bonds. The van der Waals surface area contributed by atoms with Gasteiger partial charge in [-0.2, -0.15) is 13.2 Å². The normalized spacial score (nSPS) is 13.7.